The Labute approximate surface area is 223 Å². The van der Waals surface area contributed by atoms with Crippen LogP contribution in [0.1, 0.15) is 85.6 Å². The first kappa shape index (κ1) is 22.5. The van der Waals surface area contributed by atoms with Crippen LogP contribution in [-0.2, 0) is 0 Å². The Morgan fingerprint density at radius 1 is 0.750 bits per heavy atom. The van der Waals surface area contributed by atoms with Crippen molar-refractivity contribution >= 4 is 32.3 Å². The fourth-order valence-corrected chi connectivity index (χ4v) is 7.65. The molecule has 0 aliphatic heterocycles. The maximum Gasteiger partial charge on any atom is 0.0210 e. The van der Waals surface area contributed by atoms with Gasteiger partial charge in [0, 0.05) is 4.47 Å². The number of fused-ring (bicyclic) bond motifs is 4. The Balaban J connectivity index is 1.67. The monoisotopic (exact) mass is 532 g/mol. The molecule has 0 aromatic heterocycles. The van der Waals surface area contributed by atoms with Crippen molar-refractivity contribution in [3.8, 4) is 22.3 Å². The minimum atomic E-state index is 0.572. The molecule has 1 saturated carbocycles. The molecule has 1 fully saturated rings. The van der Waals surface area contributed by atoms with E-state index in [2.05, 4.69) is 103 Å². The standard InChI is InChI=1S/C35H33Br/c1-20-12-15-24(16-13-20)32-29-19-30(36)22(3)18-28(29)31(23-8-5-4-6-9-23)35-27-17-14-21(2)25-10-7-11-26(33(25)27)34(32)35/h4-11,17-21,24H,12-16H2,1-3H3. The second-order valence-corrected chi connectivity index (χ2v) is 12.4. The highest BCUT2D eigenvalue weighted by atomic mass is 79.9. The molecule has 0 bridgehead atoms. The average Bonchev–Trinajstić information content (AvgIpc) is 3.22. The van der Waals surface area contributed by atoms with Gasteiger partial charge in [0.2, 0.25) is 0 Å². The van der Waals surface area contributed by atoms with Gasteiger partial charge in [-0.15, -0.1) is 0 Å². The molecule has 0 heterocycles. The quantitative estimate of drug-likeness (QED) is 0.212. The van der Waals surface area contributed by atoms with Crippen LogP contribution in [0, 0.1) is 12.8 Å². The molecule has 1 atom stereocenters. The lowest BCUT2D eigenvalue weighted by molar-refractivity contribution is 0.349. The van der Waals surface area contributed by atoms with E-state index in [0.29, 0.717) is 11.8 Å². The van der Waals surface area contributed by atoms with E-state index in [-0.39, 0.29) is 0 Å². The van der Waals surface area contributed by atoms with Gasteiger partial charge in [0.15, 0.2) is 0 Å². The number of benzene rings is 4. The Kier molecular flexibility index (Phi) is 5.29. The molecule has 3 aliphatic carbocycles. The Morgan fingerprint density at radius 3 is 2.31 bits per heavy atom. The summed E-state index contributed by atoms with van der Waals surface area (Å²) in [6, 6.07) is 23.1. The van der Waals surface area contributed by atoms with Crippen LogP contribution >= 0.6 is 15.9 Å². The zero-order valence-corrected chi connectivity index (χ0v) is 23.1. The lowest BCUT2D eigenvalue weighted by atomic mass is 9.74. The lowest BCUT2D eigenvalue weighted by Gasteiger charge is -2.31. The number of allylic oxidation sites excluding steroid dienone is 1. The van der Waals surface area contributed by atoms with Gasteiger partial charge in [-0.25, -0.2) is 0 Å². The summed E-state index contributed by atoms with van der Waals surface area (Å²) in [5.41, 5.74) is 14.7. The lowest BCUT2D eigenvalue weighted by Crippen LogP contribution is -2.13. The fourth-order valence-electron chi connectivity index (χ4n) is 7.31. The fraction of sp³-hybridized carbons (Fsp3) is 0.314. The van der Waals surface area contributed by atoms with Gasteiger partial charge < -0.3 is 0 Å². The first-order chi connectivity index (χ1) is 17.5. The predicted octanol–water partition coefficient (Wildman–Crippen LogP) is 10.8. The largest absolute Gasteiger partial charge is 0.0754 e. The summed E-state index contributed by atoms with van der Waals surface area (Å²) in [4.78, 5) is 0. The summed E-state index contributed by atoms with van der Waals surface area (Å²) in [6.07, 6.45) is 8.93. The van der Waals surface area contributed by atoms with Gasteiger partial charge >= 0.3 is 0 Å². The Hall–Kier alpha value is -2.64. The smallest absolute Gasteiger partial charge is 0.0210 e. The summed E-state index contributed by atoms with van der Waals surface area (Å²) in [5.74, 6) is 2.03. The van der Waals surface area contributed by atoms with Crippen LogP contribution in [0.3, 0.4) is 0 Å². The third-order valence-electron chi connectivity index (χ3n) is 9.23. The molecule has 0 radical (unpaired) electrons. The number of aryl methyl sites for hydroxylation is 1. The van der Waals surface area contributed by atoms with Gasteiger partial charge in [-0.1, -0.05) is 97.2 Å². The third-order valence-corrected chi connectivity index (χ3v) is 10.1. The van der Waals surface area contributed by atoms with Crippen molar-refractivity contribution in [1.82, 2.24) is 0 Å². The van der Waals surface area contributed by atoms with Crippen molar-refractivity contribution in [3.05, 3.63) is 99.0 Å². The molecule has 0 spiro atoms. The van der Waals surface area contributed by atoms with Crippen molar-refractivity contribution < 1.29 is 0 Å². The van der Waals surface area contributed by atoms with Crippen molar-refractivity contribution in [3.63, 3.8) is 0 Å². The summed E-state index contributed by atoms with van der Waals surface area (Å²) in [5, 5.41) is 2.87. The van der Waals surface area contributed by atoms with Gasteiger partial charge in [-0.2, -0.15) is 0 Å². The zero-order chi connectivity index (χ0) is 24.6. The first-order valence-electron chi connectivity index (χ1n) is 13.7. The molecule has 0 nitrogen and oxygen atoms in total. The van der Waals surface area contributed by atoms with Crippen LogP contribution < -0.4 is 0 Å². The molecule has 1 unspecified atom stereocenters. The van der Waals surface area contributed by atoms with E-state index in [4.69, 9.17) is 0 Å². The summed E-state index contributed by atoms with van der Waals surface area (Å²) >= 11 is 3.92. The Bertz CT molecular complexity index is 1550. The average molecular weight is 534 g/mol. The molecule has 4 aromatic carbocycles. The van der Waals surface area contributed by atoms with E-state index >= 15 is 0 Å². The zero-order valence-electron chi connectivity index (χ0n) is 21.5. The molecule has 0 saturated heterocycles. The van der Waals surface area contributed by atoms with Crippen LogP contribution in [-0.4, -0.2) is 0 Å². The Morgan fingerprint density at radius 2 is 1.53 bits per heavy atom. The molecule has 7 rings (SSSR count). The van der Waals surface area contributed by atoms with Crippen LogP contribution in [0.25, 0.3) is 38.6 Å². The minimum absolute atomic E-state index is 0.572. The third kappa shape index (κ3) is 3.25. The molecular formula is C35H33Br. The number of hydrogen-bond donors (Lipinski definition) is 0. The van der Waals surface area contributed by atoms with E-state index < -0.39 is 0 Å². The molecular weight excluding hydrogens is 500 g/mol. The van der Waals surface area contributed by atoms with E-state index in [1.165, 1.54) is 91.0 Å². The number of rotatable bonds is 2. The first-order valence-corrected chi connectivity index (χ1v) is 14.5. The normalized spacial score (nSPS) is 22.3. The summed E-state index contributed by atoms with van der Waals surface area (Å²) < 4.78 is 1.22. The van der Waals surface area contributed by atoms with Crippen molar-refractivity contribution in [1.29, 1.82) is 0 Å². The minimum Gasteiger partial charge on any atom is -0.0754 e. The van der Waals surface area contributed by atoms with Gasteiger partial charge in [-0.05, 0) is 122 Å². The number of halogens is 1. The topological polar surface area (TPSA) is 0 Å². The van der Waals surface area contributed by atoms with Crippen LogP contribution in [0.15, 0.2) is 71.2 Å². The highest BCUT2D eigenvalue weighted by Gasteiger charge is 2.37. The maximum atomic E-state index is 3.92. The van der Waals surface area contributed by atoms with Crippen molar-refractivity contribution in [2.75, 3.05) is 0 Å². The van der Waals surface area contributed by atoms with Gasteiger partial charge in [0.1, 0.15) is 0 Å². The van der Waals surface area contributed by atoms with Crippen LogP contribution in [0.2, 0.25) is 0 Å². The second kappa shape index (κ2) is 8.45. The van der Waals surface area contributed by atoms with Crippen LogP contribution in [0.4, 0.5) is 0 Å². The van der Waals surface area contributed by atoms with Crippen molar-refractivity contribution in [2.45, 2.75) is 64.7 Å². The van der Waals surface area contributed by atoms with Gasteiger partial charge in [-0.3, -0.25) is 0 Å². The molecule has 4 aromatic rings. The summed E-state index contributed by atoms with van der Waals surface area (Å²) in [6.45, 7) is 7.07. The van der Waals surface area contributed by atoms with E-state index in [9.17, 15) is 0 Å². The maximum absolute atomic E-state index is 3.92. The van der Waals surface area contributed by atoms with Crippen LogP contribution in [0.5, 0.6) is 0 Å². The van der Waals surface area contributed by atoms with Gasteiger partial charge in [0.25, 0.3) is 0 Å². The van der Waals surface area contributed by atoms with Gasteiger partial charge in [0.05, 0.1) is 0 Å². The number of hydrogen-bond acceptors (Lipinski definition) is 0. The second-order valence-electron chi connectivity index (χ2n) is 11.5. The molecule has 3 aliphatic rings. The molecule has 0 N–H and O–H groups in total. The molecule has 180 valence electrons. The highest BCUT2D eigenvalue weighted by molar-refractivity contribution is 9.10. The molecule has 36 heavy (non-hydrogen) atoms. The van der Waals surface area contributed by atoms with Crippen molar-refractivity contribution in [2.24, 2.45) is 5.92 Å². The molecule has 0 amide bonds. The van der Waals surface area contributed by atoms with E-state index in [0.717, 1.165) is 12.3 Å². The van der Waals surface area contributed by atoms with E-state index in [1.807, 2.05) is 0 Å². The SMILES string of the molecule is Cc1cc2c(-c3ccccc3)c3c(c(C4CCC(C)CC4)c2cc1Br)-c1cccc2c1C3=CCC2C. The predicted molar refractivity (Wildman–Crippen MR) is 158 cm³/mol. The molecule has 1 heteroatoms. The highest BCUT2D eigenvalue weighted by Crippen LogP contribution is 2.59. The van der Waals surface area contributed by atoms with E-state index in [1.54, 1.807) is 5.56 Å². The summed E-state index contributed by atoms with van der Waals surface area (Å²) in [7, 11) is 0.